The first-order valence-corrected chi connectivity index (χ1v) is 9.17. The summed E-state index contributed by atoms with van der Waals surface area (Å²) in [5.74, 6) is 0.172. The number of carbonyl (C=O) groups excluding carboxylic acids is 2. The first kappa shape index (κ1) is 18.8. The molecule has 3 rings (SSSR count). The highest BCUT2D eigenvalue weighted by atomic mass is 32.2. The molecule has 1 atom stereocenters. The summed E-state index contributed by atoms with van der Waals surface area (Å²) in [6, 6.07) is 12.7. The second-order valence-corrected chi connectivity index (χ2v) is 7.09. The Balaban J connectivity index is 1.73. The molecule has 1 heterocycles. The Kier molecular flexibility index (Phi) is 5.71. The van der Waals surface area contributed by atoms with E-state index in [9.17, 15) is 9.59 Å². The van der Waals surface area contributed by atoms with Crippen LogP contribution in [0.2, 0.25) is 0 Å². The molecular weight excluding hydrogens is 364 g/mol. The summed E-state index contributed by atoms with van der Waals surface area (Å²) in [5.41, 5.74) is 2.91. The van der Waals surface area contributed by atoms with Gasteiger partial charge >= 0.3 is 5.97 Å². The van der Waals surface area contributed by atoms with Crippen LogP contribution in [0.15, 0.2) is 47.4 Å². The van der Waals surface area contributed by atoms with Crippen molar-refractivity contribution in [2.45, 2.75) is 12.4 Å². The lowest BCUT2D eigenvalue weighted by Crippen LogP contribution is -2.31. The minimum atomic E-state index is -0.390. The molecule has 0 aromatic heterocycles. The summed E-state index contributed by atoms with van der Waals surface area (Å²) in [7, 11) is 2.95. The number of carbonyl (C=O) groups is 2. The van der Waals surface area contributed by atoms with Crippen LogP contribution >= 0.6 is 11.8 Å². The number of esters is 1. The van der Waals surface area contributed by atoms with E-state index in [2.05, 4.69) is 15.4 Å². The van der Waals surface area contributed by atoms with Crippen LogP contribution in [0.25, 0.3) is 6.08 Å². The van der Waals surface area contributed by atoms with Gasteiger partial charge in [-0.15, -0.1) is 0 Å². The van der Waals surface area contributed by atoms with Gasteiger partial charge in [0.05, 0.1) is 30.4 Å². The zero-order valence-electron chi connectivity index (χ0n) is 15.2. The predicted octanol–water partition coefficient (Wildman–Crippen LogP) is 3.39. The van der Waals surface area contributed by atoms with Crippen LogP contribution in [0.3, 0.4) is 0 Å². The second kappa shape index (κ2) is 8.18. The normalized spacial score (nSPS) is 17.5. The molecule has 0 bridgehead atoms. The van der Waals surface area contributed by atoms with E-state index < -0.39 is 5.97 Å². The van der Waals surface area contributed by atoms with E-state index in [4.69, 9.17) is 4.74 Å². The van der Waals surface area contributed by atoms with Crippen molar-refractivity contribution in [3.8, 4) is 5.75 Å². The number of thioether (sulfide) groups is 1. The molecule has 1 amide bonds. The van der Waals surface area contributed by atoms with Gasteiger partial charge in [-0.1, -0.05) is 30.0 Å². The van der Waals surface area contributed by atoms with E-state index in [1.165, 1.54) is 18.9 Å². The van der Waals surface area contributed by atoms with Gasteiger partial charge in [-0.2, -0.15) is 0 Å². The van der Waals surface area contributed by atoms with Crippen LogP contribution in [0.4, 0.5) is 5.69 Å². The van der Waals surface area contributed by atoms with Crippen molar-refractivity contribution in [2.75, 3.05) is 19.5 Å². The summed E-state index contributed by atoms with van der Waals surface area (Å²) >= 11 is 1.39. The number of benzene rings is 2. The number of anilines is 1. The maximum atomic E-state index is 12.3. The lowest BCUT2D eigenvalue weighted by atomic mass is 10.1. The lowest BCUT2D eigenvalue weighted by Gasteiger charge is -2.16. The van der Waals surface area contributed by atoms with Crippen molar-refractivity contribution >= 4 is 35.4 Å². The Labute approximate surface area is 161 Å². The third-order valence-electron chi connectivity index (χ3n) is 4.00. The van der Waals surface area contributed by atoms with Gasteiger partial charge in [-0.05, 0) is 48.4 Å². The molecule has 1 aliphatic rings. The first-order valence-electron chi connectivity index (χ1n) is 8.29. The largest absolute Gasteiger partial charge is 0.495 e. The van der Waals surface area contributed by atoms with Crippen molar-refractivity contribution in [1.82, 2.24) is 5.32 Å². The average Bonchev–Trinajstić information content (AvgIpc) is 3.01. The number of rotatable bonds is 5. The summed E-state index contributed by atoms with van der Waals surface area (Å²) in [4.78, 5) is 24.4. The van der Waals surface area contributed by atoms with Crippen molar-refractivity contribution < 1.29 is 19.1 Å². The summed E-state index contributed by atoms with van der Waals surface area (Å²) < 4.78 is 10.0. The van der Waals surface area contributed by atoms with E-state index >= 15 is 0 Å². The molecule has 0 saturated carbocycles. The molecule has 2 N–H and O–H groups in total. The SMILES string of the molecule is COC(=O)c1ccc(/C=C2\SC(Nc3cc(C)ccc3OC)NC2=O)cc1. The molecule has 1 fully saturated rings. The van der Waals surface area contributed by atoms with Gasteiger partial charge in [0.15, 0.2) is 5.50 Å². The third-order valence-corrected chi connectivity index (χ3v) is 5.03. The Morgan fingerprint density at radius 3 is 2.59 bits per heavy atom. The quantitative estimate of drug-likeness (QED) is 0.608. The second-order valence-electron chi connectivity index (χ2n) is 5.94. The van der Waals surface area contributed by atoms with E-state index in [0.717, 1.165) is 16.8 Å². The van der Waals surface area contributed by atoms with Crippen LogP contribution in [0.5, 0.6) is 5.75 Å². The van der Waals surface area contributed by atoms with Crippen LogP contribution in [-0.4, -0.2) is 31.6 Å². The van der Waals surface area contributed by atoms with Gasteiger partial charge in [0.25, 0.3) is 5.91 Å². The predicted molar refractivity (Wildman–Crippen MR) is 107 cm³/mol. The van der Waals surface area contributed by atoms with Crippen molar-refractivity contribution in [1.29, 1.82) is 0 Å². The molecule has 1 unspecified atom stereocenters. The molecule has 7 heteroatoms. The average molecular weight is 384 g/mol. The van der Waals surface area contributed by atoms with Crippen molar-refractivity contribution in [2.24, 2.45) is 0 Å². The molecule has 1 saturated heterocycles. The fourth-order valence-electron chi connectivity index (χ4n) is 2.63. The Morgan fingerprint density at radius 2 is 1.93 bits per heavy atom. The maximum absolute atomic E-state index is 12.3. The van der Waals surface area contributed by atoms with Gasteiger partial charge in [-0.25, -0.2) is 4.79 Å². The van der Waals surface area contributed by atoms with Gasteiger partial charge in [0.1, 0.15) is 5.75 Å². The van der Waals surface area contributed by atoms with Crippen LogP contribution in [0.1, 0.15) is 21.5 Å². The van der Waals surface area contributed by atoms with Crippen molar-refractivity contribution in [3.63, 3.8) is 0 Å². The number of amides is 1. The Hall–Kier alpha value is -2.93. The Bertz CT molecular complexity index is 893. The fraction of sp³-hybridized carbons (Fsp3) is 0.200. The molecule has 27 heavy (non-hydrogen) atoms. The van der Waals surface area contributed by atoms with E-state index in [-0.39, 0.29) is 11.4 Å². The third kappa shape index (κ3) is 4.43. The highest BCUT2D eigenvalue weighted by molar-refractivity contribution is 8.05. The Morgan fingerprint density at radius 1 is 1.19 bits per heavy atom. The molecule has 6 nitrogen and oxygen atoms in total. The summed E-state index contributed by atoms with van der Waals surface area (Å²) in [6.07, 6.45) is 1.79. The van der Waals surface area contributed by atoms with Gasteiger partial charge in [0.2, 0.25) is 0 Å². The summed E-state index contributed by atoms with van der Waals surface area (Å²) in [6.45, 7) is 1.99. The molecule has 0 radical (unpaired) electrons. The zero-order valence-corrected chi connectivity index (χ0v) is 16.1. The number of hydrogen-bond acceptors (Lipinski definition) is 6. The molecule has 0 spiro atoms. The number of ether oxygens (including phenoxy) is 2. The molecule has 1 aliphatic heterocycles. The van der Waals surface area contributed by atoms with Crippen LogP contribution < -0.4 is 15.4 Å². The highest BCUT2D eigenvalue weighted by Crippen LogP contribution is 2.33. The monoisotopic (exact) mass is 384 g/mol. The lowest BCUT2D eigenvalue weighted by molar-refractivity contribution is -0.116. The minimum absolute atomic E-state index is 0.152. The number of aryl methyl sites for hydroxylation is 1. The first-order chi connectivity index (χ1) is 13.0. The number of nitrogens with one attached hydrogen (secondary N) is 2. The smallest absolute Gasteiger partial charge is 0.337 e. The highest BCUT2D eigenvalue weighted by Gasteiger charge is 2.27. The van der Waals surface area contributed by atoms with Gasteiger partial charge < -0.3 is 20.1 Å². The van der Waals surface area contributed by atoms with Crippen LogP contribution in [-0.2, 0) is 9.53 Å². The van der Waals surface area contributed by atoms with Crippen molar-refractivity contribution in [3.05, 3.63) is 64.1 Å². The molecule has 2 aromatic rings. The number of methoxy groups -OCH3 is 2. The van der Waals surface area contributed by atoms with E-state index in [1.54, 1.807) is 37.5 Å². The molecular formula is C20H20N2O4S. The minimum Gasteiger partial charge on any atom is -0.495 e. The number of hydrogen-bond donors (Lipinski definition) is 2. The van der Waals surface area contributed by atoms with Gasteiger partial charge in [-0.3, -0.25) is 4.79 Å². The standard InChI is InChI=1S/C20H20N2O4S/c1-12-4-9-16(25-2)15(10-12)21-20-22-18(23)17(27-20)11-13-5-7-14(8-6-13)19(24)26-3/h4-11,20-21H,1-3H3,(H,22,23)/b17-11-. The van der Waals surface area contributed by atoms with Crippen LogP contribution in [0, 0.1) is 6.92 Å². The molecule has 2 aromatic carbocycles. The molecule has 140 valence electrons. The topological polar surface area (TPSA) is 76.7 Å². The van der Waals surface area contributed by atoms with E-state index in [0.29, 0.717) is 16.2 Å². The molecule has 0 aliphatic carbocycles. The van der Waals surface area contributed by atoms with E-state index in [1.807, 2.05) is 25.1 Å². The maximum Gasteiger partial charge on any atom is 0.337 e. The van der Waals surface area contributed by atoms with Gasteiger partial charge in [0, 0.05) is 0 Å². The summed E-state index contributed by atoms with van der Waals surface area (Å²) in [5, 5.41) is 6.18. The zero-order chi connectivity index (χ0) is 19.4. The fourth-order valence-corrected chi connectivity index (χ4v) is 3.60.